The number of anilines is 2. The largest absolute Gasteiger partial charge is 0.365 e. The van der Waals surface area contributed by atoms with Crippen LogP contribution in [0.5, 0.6) is 0 Å². The summed E-state index contributed by atoms with van der Waals surface area (Å²) < 4.78 is 0. The zero-order valence-corrected chi connectivity index (χ0v) is 14.4. The molecule has 0 saturated heterocycles. The monoisotopic (exact) mass is 326 g/mol. The third-order valence-corrected chi connectivity index (χ3v) is 4.65. The summed E-state index contributed by atoms with van der Waals surface area (Å²) in [6.45, 7) is 2.20. The Bertz CT molecular complexity index is 915. The second kappa shape index (κ2) is 6.86. The van der Waals surface area contributed by atoms with E-state index in [4.69, 9.17) is 0 Å². The molecule has 0 spiro atoms. The van der Waals surface area contributed by atoms with Gasteiger partial charge in [0.25, 0.3) is 0 Å². The number of benzene rings is 4. The predicted molar refractivity (Wildman–Crippen MR) is 109 cm³/mol. The average molecular weight is 326 g/mol. The van der Waals surface area contributed by atoms with Gasteiger partial charge in [-0.3, -0.25) is 0 Å². The molecule has 0 atom stereocenters. The van der Waals surface area contributed by atoms with Gasteiger partial charge in [-0.15, -0.1) is 0 Å². The van der Waals surface area contributed by atoms with E-state index in [-0.39, 0.29) is 6.17 Å². The molecule has 0 aliphatic carbocycles. The summed E-state index contributed by atoms with van der Waals surface area (Å²) in [5, 5.41) is 12.4. The van der Waals surface area contributed by atoms with Gasteiger partial charge < -0.3 is 10.6 Å². The van der Waals surface area contributed by atoms with Crippen molar-refractivity contribution in [1.82, 2.24) is 0 Å². The zero-order valence-electron chi connectivity index (χ0n) is 14.4. The van der Waals surface area contributed by atoms with Gasteiger partial charge in [-0.2, -0.15) is 0 Å². The van der Waals surface area contributed by atoms with Crippen LogP contribution in [0.2, 0.25) is 0 Å². The molecular formula is C23H22N2. The zero-order chi connectivity index (χ0) is 17.1. The molecule has 0 bridgehead atoms. The Morgan fingerprint density at radius 1 is 0.600 bits per heavy atom. The van der Waals surface area contributed by atoms with E-state index in [1.807, 2.05) is 0 Å². The van der Waals surface area contributed by atoms with Crippen LogP contribution in [0.4, 0.5) is 11.4 Å². The summed E-state index contributed by atoms with van der Waals surface area (Å²) >= 11 is 0. The first-order chi connectivity index (χ1) is 12.3. The van der Waals surface area contributed by atoms with Crippen molar-refractivity contribution in [1.29, 1.82) is 0 Å². The average Bonchev–Trinajstić information content (AvgIpc) is 2.68. The first-order valence-corrected chi connectivity index (χ1v) is 8.84. The van der Waals surface area contributed by atoms with E-state index < -0.39 is 0 Å². The summed E-state index contributed by atoms with van der Waals surface area (Å²) in [5.41, 5.74) is 2.33. The van der Waals surface area contributed by atoms with Crippen molar-refractivity contribution in [2.75, 3.05) is 10.6 Å². The number of fused-ring (bicyclic) bond motifs is 2. The van der Waals surface area contributed by atoms with Crippen molar-refractivity contribution in [2.24, 2.45) is 0 Å². The Hall–Kier alpha value is -3.00. The second-order valence-corrected chi connectivity index (χ2v) is 6.30. The Kier molecular flexibility index (Phi) is 4.26. The van der Waals surface area contributed by atoms with Gasteiger partial charge in [0.05, 0.1) is 6.17 Å². The van der Waals surface area contributed by atoms with Crippen LogP contribution < -0.4 is 10.6 Å². The van der Waals surface area contributed by atoms with Gasteiger partial charge in [0, 0.05) is 22.1 Å². The van der Waals surface area contributed by atoms with Gasteiger partial charge in [0.2, 0.25) is 0 Å². The lowest BCUT2D eigenvalue weighted by Crippen LogP contribution is -2.28. The number of rotatable bonds is 5. The molecule has 0 unspecified atom stereocenters. The van der Waals surface area contributed by atoms with Crippen molar-refractivity contribution in [2.45, 2.75) is 19.5 Å². The highest BCUT2D eigenvalue weighted by Crippen LogP contribution is 2.27. The normalized spacial score (nSPS) is 11.1. The molecule has 0 heterocycles. The van der Waals surface area contributed by atoms with E-state index in [1.54, 1.807) is 0 Å². The maximum absolute atomic E-state index is 3.67. The molecular weight excluding hydrogens is 304 g/mol. The second-order valence-electron chi connectivity index (χ2n) is 6.30. The molecule has 2 heteroatoms. The van der Waals surface area contributed by atoms with Gasteiger partial charge in [-0.1, -0.05) is 79.7 Å². The fourth-order valence-electron chi connectivity index (χ4n) is 3.32. The highest BCUT2D eigenvalue weighted by atomic mass is 15.1. The third kappa shape index (κ3) is 3.16. The van der Waals surface area contributed by atoms with Crippen LogP contribution in [0.1, 0.15) is 13.3 Å². The molecule has 0 radical (unpaired) electrons. The van der Waals surface area contributed by atoms with Gasteiger partial charge in [-0.25, -0.2) is 0 Å². The van der Waals surface area contributed by atoms with Gasteiger partial charge in [-0.05, 0) is 29.3 Å². The molecule has 4 aromatic rings. The Labute approximate surface area is 148 Å². The lowest BCUT2D eigenvalue weighted by atomic mass is 10.1. The Morgan fingerprint density at radius 3 is 1.52 bits per heavy atom. The molecule has 4 rings (SSSR count). The van der Waals surface area contributed by atoms with Crippen LogP contribution in [0.15, 0.2) is 84.9 Å². The van der Waals surface area contributed by atoms with Crippen LogP contribution in [0, 0.1) is 0 Å². The lowest BCUT2D eigenvalue weighted by molar-refractivity contribution is 0.781. The van der Waals surface area contributed by atoms with Crippen LogP contribution in [0.3, 0.4) is 0 Å². The van der Waals surface area contributed by atoms with Crippen molar-refractivity contribution in [3.8, 4) is 0 Å². The summed E-state index contributed by atoms with van der Waals surface area (Å²) in [4.78, 5) is 0. The van der Waals surface area contributed by atoms with E-state index in [0.29, 0.717) is 0 Å². The molecule has 0 aliphatic rings. The number of hydrogen-bond donors (Lipinski definition) is 2. The van der Waals surface area contributed by atoms with Crippen molar-refractivity contribution < 1.29 is 0 Å². The summed E-state index contributed by atoms with van der Waals surface area (Å²) in [7, 11) is 0. The molecule has 0 saturated carbocycles. The minimum atomic E-state index is 0.164. The van der Waals surface area contributed by atoms with Crippen molar-refractivity contribution >= 4 is 32.9 Å². The minimum absolute atomic E-state index is 0.164. The van der Waals surface area contributed by atoms with E-state index in [1.165, 1.54) is 21.5 Å². The van der Waals surface area contributed by atoms with E-state index in [9.17, 15) is 0 Å². The quantitative estimate of drug-likeness (QED) is 0.423. The van der Waals surface area contributed by atoms with Gasteiger partial charge >= 0.3 is 0 Å². The van der Waals surface area contributed by atoms with E-state index in [0.717, 1.165) is 17.8 Å². The standard InChI is InChI=1S/C23H22N2/c1-2-23(24-21-15-7-11-17-9-3-5-13-19(17)21)25-22-16-8-12-18-10-4-6-14-20(18)22/h3-16,23-25H,2H2,1H3. The van der Waals surface area contributed by atoms with Crippen LogP contribution in [-0.4, -0.2) is 6.17 Å². The summed E-state index contributed by atoms with van der Waals surface area (Å²) in [6, 6.07) is 29.8. The highest BCUT2D eigenvalue weighted by Gasteiger charge is 2.09. The molecule has 0 aliphatic heterocycles. The molecule has 2 N–H and O–H groups in total. The third-order valence-electron chi connectivity index (χ3n) is 4.65. The number of hydrogen-bond acceptors (Lipinski definition) is 2. The molecule has 0 amide bonds. The summed E-state index contributed by atoms with van der Waals surface area (Å²) in [6.07, 6.45) is 1.14. The fraction of sp³-hybridized carbons (Fsp3) is 0.130. The van der Waals surface area contributed by atoms with Crippen LogP contribution in [0.25, 0.3) is 21.5 Å². The van der Waals surface area contributed by atoms with Crippen LogP contribution in [-0.2, 0) is 0 Å². The predicted octanol–water partition coefficient (Wildman–Crippen LogP) is 6.25. The maximum atomic E-state index is 3.67. The fourth-order valence-corrected chi connectivity index (χ4v) is 3.32. The van der Waals surface area contributed by atoms with Gasteiger partial charge in [0.15, 0.2) is 0 Å². The van der Waals surface area contributed by atoms with E-state index in [2.05, 4.69) is 102 Å². The van der Waals surface area contributed by atoms with Crippen LogP contribution >= 0.6 is 0 Å². The SMILES string of the molecule is CCC(Nc1cccc2ccccc12)Nc1cccc2ccccc12. The molecule has 25 heavy (non-hydrogen) atoms. The minimum Gasteiger partial charge on any atom is -0.365 e. The summed E-state index contributed by atoms with van der Waals surface area (Å²) in [5.74, 6) is 0. The topological polar surface area (TPSA) is 24.1 Å². The first-order valence-electron chi connectivity index (χ1n) is 8.84. The molecule has 4 aromatic carbocycles. The lowest BCUT2D eigenvalue weighted by Gasteiger charge is -2.23. The van der Waals surface area contributed by atoms with Gasteiger partial charge in [0.1, 0.15) is 0 Å². The Balaban J connectivity index is 1.64. The van der Waals surface area contributed by atoms with Crippen molar-refractivity contribution in [3.63, 3.8) is 0 Å². The van der Waals surface area contributed by atoms with Crippen molar-refractivity contribution in [3.05, 3.63) is 84.9 Å². The number of nitrogens with one attached hydrogen (secondary N) is 2. The first kappa shape index (κ1) is 15.5. The van der Waals surface area contributed by atoms with E-state index >= 15 is 0 Å². The maximum Gasteiger partial charge on any atom is 0.0961 e. The molecule has 0 aromatic heterocycles. The molecule has 0 fully saturated rings. The highest BCUT2D eigenvalue weighted by molar-refractivity contribution is 5.95. The molecule has 2 nitrogen and oxygen atoms in total. The Morgan fingerprint density at radius 2 is 1.04 bits per heavy atom. The molecule has 124 valence electrons. The smallest absolute Gasteiger partial charge is 0.0961 e.